The number of likely N-dealkylation sites (tertiary alicyclic amines) is 1. The van der Waals surface area contributed by atoms with Crippen molar-refractivity contribution in [3.63, 3.8) is 0 Å². The Bertz CT molecular complexity index is 700. The van der Waals surface area contributed by atoms with Gasteiger partial charge in [0.05, 0.1) is 6.61 Å². The van der Waals surface area contributed by atoms with Crippen molar-refractivity contribution in [2.75, 3.05) is 32.8 Å². The van der Waals surface area contributed by atoms with E-state index in [-0.39, 0.29) is 5.91 Å². The zero-order chi connectivity index (χ0) is 17.8. The Morgan fingerprint density at radius 1 is 1.12 bits per heavy atom. The Morgan fingerprint density at radius 3 is 2.58 bits per heavy atom. The minimum absolute atomic E-state index is 0.0356. The molecule has 138 valence electrons. The summed E-state index contributed by atoms with van der Waals surface area (Å²) in [6.45, 7) is 4.84. The summed E-state index contributed by atoms with van der Waals surface area (Å²) < 4.78 is 5.50. The molecule has 2 aliphatic rings. The Morgan fingerprint density at radius 2 is 1.92 bits per heavy atom. The zero-order valence-electron chi connectivity index (χ0n) is 15.0. The lowest BCUT2D eigenvalue weighted by molar-refractivity contribution is 0.0911. The fourth-order valence-electron chi connectivity index (χ4n) is 3.91. The van der Waals surface area contributed by atoms with Gasteiger partial charge < -0.3 is 10.1 Å². The predicted octanol–water partition coefficient (Wildman–Crippen LogP) is 3.65. The van der Waals surface area contributed by atoms with Crippen LogP contribution < -0.4 is 5.32 Å². The maximum Gasteiger partial charge on any atom is 0.251 e. The number of piperidine rings is 1. The summed E-state index contributed by atoms with van der Waals surface area (Å²) in [7, 11) is 0. The number of nitrogens with one attached hydrogen (secondary N) is 1. The highest BCUT2D eigenvalue weighted by atomic mass is 32.1. The molecule has 1 aromatic carbocycles. The summed E-state index contributed by atoms with van der Waals surface area (Å²) >= 11 is 1.69. The van der Waals surface area contributed by atoms with Crippen LogP contribution in [0.1, 0.15) is 29.6 Å². The molecule has 2 aromatic rings. The third-order valence-electron chi connectivity index (χ3n) is 5.62. The monoisotopic (exact) mass is 370 g/mol. The number of carbonyl (C=O) groups excluding carboxylic acids is 1. The molecule has 1 amide bonds. The van der Waals surface area contributed by atoms with E-state index in [0.29, 0.717) is 12.0 Å². The molecule has 2 aliphatic heterocycles. The largest absolute Gasteiger partial charge is 0.380 e. The molecule has 0 bridgehead atoms. The molecule has 0 aliphatic carbocycles. The van der Waals surface area contributed by atoms with Crippen molar-refractivity contribution in [3.05, 3.63) is 46.7 Å². The van der Waals surface area contributed by atoms with Gasteiger partial charge in [-0.15, -0.1) is 0 Å². The fraction of sp³-hybridized carbons (Fsp3) is 0.476. The molecule has 1 N–H and O–H groups in total. The molecule has 0 unspecified atom stereocenters. The van der Waals surface area contributed by atoms with E-state index in [9.17, 15) is 4.79 Å². The van der Waals surface area contributed by atoms with Crippen molar-refractivity contribution >= 4 is 17.2 Å². The lowest BCUT2D eigenvalue weighted by Crippen LogP contribution is -2.43. The van der Waals surface area contributed by atoms with Gasteiger partial charge in [-0.3, -0.25) is 9.69 Å². The summed E-state index contributed by atoms with van der Waals surface area (Å²) in [6, 6.07) is 10.6. The molecule has 26 heavy (non-hydrogen) atoms. The Hall–Kier alpha value is -1.69. The van der Waals surface area contributed by atoms with Crippen LogP contribution in [-0.2, 0) is 4.74 Å². The van der Waals surface area contributed by atoms with E-state index in [4.69, 9.17) is 4.74 Å². The van der Waals surface area contributed by atoms with Crippen molar-refractivity contribution in [1.29, 1.82) is 0 Å². The SMILES string of the molecule is O=C(NCC1CCN([C@H]2CCOC2)CC1)c1ccc(-c2ccsc2)cc1. The molecule has 1 atom stereocenters. The van der Waals surface area contributed by atoms with Crippen LogP contribution in [0.3, 0.4) is 0 Å². The lowest BCUT2D eigenvalue weighted by Gasteiger charge is -2.35. The maximum absolute atomic E-state index is 12.4. The number of thiophene rings is 1. The molecule has 0 spiro atoms. The quantitative estimate of drug-likeness (QED) is 0.874. The van der Waals surface area contributed by atoms with Crippen LogP contribution in [0.2, 0.25) is 0 Å². The molecule has 0 radical (unpaired) electrons. The van der Waals surface area contributed by atoms with E-state index in [1.54, 1.807) is 11.3 Å². The van der Waals surface area contributed by atoms with E-state index in [1.165, 1.54) is 12.0 Å². The first-order chi connectivity index (χ1) is 12.8. The normalized spacial score (nSPS) is 21.8. The van der Waals surface area contributed by atoms with Gasteiger partial charge in [-0.05, 0) is 78.4 Å². The van der Waals surface area contributed by atoms with Crippen LogP contribution in [0, 0.1) is 5.92 Å². The summed E-state index contributed by atoms with van der Waals surface area (Å²) in [5, 5.41) is 7.32. The fourth-order valence-corrected chi connectivity index (χ4v) is 4.58. The molecule has 5 heteroatoms. The van der Waals surface area contributed by atoms with E-state index in [1.807, 2.05) is 24.3 Å². The molecule has 0 saturated carbocycles. The molecule has 2 saturated heterocycles. The number of amides is 1. The van der Waals surface area contributed by atoms with Gasteiger partial charge in [-0.1, -0.05) is 12.1 Å². The Labute approximate surface area is 159 Å². The number of nitrogens with zero attached hydrogens (tertiary/aromatic N) is 1. The second-order valence-corrected chi connectivity index (χ2v) is 8.08. The maximum atomic E-state index is 12.4. The van der Waals surface area contributed by atoms with Gasteiger partial charge in [0, 0.05) is 24.8 Å². The van der Waals surface area contributed by atoms with Crippen LogP contribution in [0.25, 0.3) is 11.1 Å². The summed E-state index contributed by atoms with van der Waals surface area (Å²) in [5.74, 6) is 0.621. The van der Waals surface area contributed by atoms with Crippen LogP contribution in [0.5, 0.6) is 0 Å². The number of hydrogen-bond acceptors (Lipinski definition) is 4. The second-order valence-electron chi connectivity index (χ2n) is 7.30. The van der Waals surface area contributed by atoms with Crippen LogP contribution in [0.4, 0.5) is 0 Å². The van der Waals surface area contributed by atoms with E-state index >= 15 is 0 Å². The van der Waals surface area contributed by atoms with Crippen molar-refractivity contribution in [2.45, 2.75) is 25.3 Å². The number of carbonyl (C=O) groups is 1. The second kappa shape index (κ2) is 8.33. The van der Waals surface area contributed by atoms with Gasteiger partial charge in [0.25, 0.3) is 5.91 Å². The van der Waals surface area contributed by atoms with E-state index < -0.39 is 0 Å². The highest BCUT2D eigenvalue weighted by Gasteiger charge is 2.27. The Kier molecular flexibility index (Phi) is 5.68. The molecule has 4 rings (SSSR count). The molecule has 3 heterocycles. The zero-order valence-corrected chi connectivity index (χ0v) is 15.8. The molecule has 1 aromatic heterocycles. The number of benzene rings is 1. The van der Waals surface area contributed by atoms with E-state index in [0.717, 1.165) is 56.8 Å². The first-order valence-corrected chi connectivity index (χ1v) is 10.5. The molecular formula is C21H26N2O2S. The minimum Gasteiger partial charge on any atom is -0.380 e. The average Bonchev–Trinajstić information content (AvgIpc) is 3.40. The highest BCUT2D eigenvalue weighted by Crippen LogP contribution is 2.23. The van der Waals surface area contributed by atoms with Gasteiger partial charge in [-0.25, -0.2) is 0 Å². The minimum atomic E-state index is 0.0356. The predicted molar refractivity (Wildman–Crippen MR) is 106 cm³/mol. The number of ether oxygens (including phenoxy) is 1. The van der Waals surface area contributed by atoms with Crippen molar-refractivity contribution in [1.82, 2.24) is 10.2 Å². The Balaban J connectivity index is 1.24. The van der Waals surface area contributed by atoms with Gasteiger partial charge in [-0.2, -0.15) is 11.3 Å². The third kappa shape index (κ3) is 4.17. The van der Waals surface area contributed by atoms with Crippen LogP contribution in [0.15, 0.2) is 41.1 Å². The third-order valence-corrected chi connectivity index (χ3v) is 6.31. The van der Waals surface area contributed by atoms with Crippen molar-refractivity contribution < 1.29 is 9.53 Å². The molecule has 4 nitrogen and oxygen atoms in total. The summed E-state index contributed by atoms with van der Waals surface area (Å²) in [4.78, 5) is 15.0. The van der Waals surface area contributed by atoms with Crippen molar-refractivity contribution in [2.24, 2.45) is 5.92 Å². The summed E-state index contributed by atoms with van der Waals surface area (Å²) in [5.41, 5.74) is 3.11. The van der Waals surface area contributed by atoms with Gasteiger partial charge in [0.1, 0.15) is 0 Å². The van der Waals surface area contributed by atoms with Gasteiger partial charge in [0.2, 0.25) is 0 Å². The standard InChI is InChI=1S/C21H26N2O2S/c24-21(18-3-1-17(2-4-18)19-8-12-26-15-19)22-13-16-5-9-23(10-6-16)20-7-11-25-14-20/h1-4,8,12,15-16,20H,5-7,9-11,13-14H2,(H,22,24)/t20-/m0/s1. The smallest absolute Gasteiger partial charge is 0.251 e. The highest BCUT2D eigenvalue weighted by molar-refractivity contribution is 7.08. The first-order valence-electron chi connectivity index (χ1n) is 9.52. The lowest BCUT2D eigenvalue weighted by atomic mass is 9.95. The summed E-state index contributed by atoms with van der Waals surface area (Å²) in [6.07, 6.45) is 3.49. The first kappa shape index (κ1) is 17.7. The average molecular weight is 371 g/mol. The van der Waals surface area contributed by atoms with E-state index in [2.05, 4.69) is 27.0 Å². The van der Waals surface area contributed by atoms with Gasteiger partial charge >= 0.3 is 0 Å². The molecular weight excluding hydrogens is 344 g/mol. The van der Waals surface area contributed by atoms with Crippen molar-refractivity contribution in [3.8, 4) is 11.1 Å². The topological polar surface area (TPSA) is 41.6 Å². The van der Waals surface area contributed by atoms with Crippen LogP contribution in [-0.4, -0.2) is 49.7 Å². The van der Waals surface area contributed by atoms with Crippen LogP contribution >= 0.6 is 11.3 Å². The number of hydrogen-bond donors (Lipinski definition) is 1. The van der Waals surface area contributed by atoms with Gasteiger partial charge in [0.15, 0.2) is 0 Å². The number of rotatable bonds is 5. The molecule has 2 fully saturated rings.